The highest BCUT2D eigenvalue weighted by molar-refractivity contribution is 6.08. The molecule has 1 rings (SSSR count). The summed E-state index contributed by atoms with van der Waals surface area (Å²) in [5.41, 5.74) is 0. The Kier molecular flexibility index (Phi) is 18.8. The van der Waals surface area contributed by atoms with Gasteiger partial charge in [-0.3, -0.25) is 9.59 Å². The van der Waals surface area contributed by atoms with Gasteiger partial charge in [-0.15, -0.1) is 0 Å². The number of rotatable bonds is 10. The van der Waals surface area contributed by atoms with Crippen molar-refractivity contribution >= 4 is 44.2 Å². The molecule has 4 unspecified atom stereocenters. The second-order valence-corrected chi connectivity index (χ2v) is 8.86. The topological polar surface area (TPSA) is 188 Å². The number of carboxylic acid groups (broad SMARTS) is 2. The minimum absolute atomic E-state index is 0.0474. The number of nitrogens with one attached hydrogen (secondary N) is 2. The molecular weight excluding hydrogens is 540 g/mol. The van der Waals surface area contributed by atoms with Gasteiger partial charge in [-0.2, -0.15) is 0 Å². The standard InChI is InChI=1S/C22H36N2O12Si2/c25-19(23-3-1-13-37)15-17(21(27)28)35-11-7-32-6-10-34-16(20(26)24-4-2-14-38)18(22(29)30)36-12-8-31-5-9-33-15/h15-18H,1-14H2,(H,23,25)(H,24,26)(H,27,28)(H,29,30). The Morgan fingerprint density at radius 1 is 0.579 bits per heavy atom. The maximum absolute atomic E-state index is 12.6. The minimum Gasteiger partial charge on any atom is -0.479 e. The largest absolute Gasteiger partial charge is 0.479 e. The van der Waals surface area contributed by atoms with Crippen LogP contribution in [0.5, 0.6) is 0 Å². The van der Waals surface area contributed by atoms with Gasteiger partial charge in [-0.05, 0) is 12.8 Å². The van der Waals surface area contributed by atoms with E-state index in [1.54, 1.807) is 0 Å². The predicted octanol–water partition coefficient (Wildman–Crippen LogP) is -2.07. The molecule has 1 aliphatic rings. The van der Waals surface area contributed by atoms with Gasteiger partial charge in [0.05, 0.1) is 52.9 Å². The van der Waals surface area contributed by atoms with E-state index in [1.165, 1.54) is 0 Å². The van der Waals surface area contributed by atoms with Crippen LogP contribution in [0.25, 0.3) is 0 Å². The molecule has 0 aliphatic carbocycles. The van der Waals surface area contributed by atoms with E-state index < -0.39 is 48.2 Å². The van der Waals surface area contributed by atoms with Crippen LogP contribution in [0.4, 0.5) is 0 Å². The summed E-state index contributed by atoms with van der Waals surface area (Å²) in [5, 5.41) is 24.5. The molecular formula is C22H36N2O12Si2. The van der Waals surface area contributed by atoms with Crippen molar-refractivity contribution in [1.29, 1.82) is 0 Å². The van der Waals surface area contributed by atoms with E-state index in [-0.39, 0.29) is 52.9 Å². The van der Waals surface area contributed by atoms with E-state index >= 15 is 0 Å². The van der Waals surface area contributed by atoms with E-state index in [4.69, 9.17) is 28.4 Å². The summed E-state index contributed by atoms with van der Waals surface area (Å²) in [7, 11) is 6.60. The third-order valence-electron chi connectivity index (χ3n) is 4.96. The zero-order valence-electron chi connectivity index (χ0n) is 21.2. The normalized spacial score (nSPS) is 24.9. The fraction of sp³-hybridized carbons (Fsp3) is 0.818. The summed E-state index contributed by atoms with van der Waals surface area (Å²) in [5.74, 6) is -4.06. The Labute approximate surface area is 228 Å². The minimum atomic E-state index is -1.59. The van der Waals surface area contributed by atoms with Crippen molar-refractivity contribution in [3.05, 3.63) is 0 Å². The van der Waals surface area contributed by atoms with Crippen molar-refractivity contribution in [3.63, 3.8) is 0 Å². The third-order valence-corrected chi connectivity index (χ3v) is 5.67. The van der Waals surface area contributed by atoms with Gasteiger partial charge in [0.15, 0.2) is 24.4 Å². The van der Waals surface area contributed by atoms with Crippen molar-refractivity contribution in [1.82, 2.24) is 10.6 Å². The molecule has 16 heteroatoms. The Bertz CT molecular complexity index is 660. The molecule has 6 radical (unpaired) electrons. The van der Waals surface area contributed by atoms with Crippen LogP contribution in [0.2, 0.25) is 12.1 Å². The first-order valence-electron chi connectivity index (χ1n) is 12.3. The molecule has 0 aromatic heterocycles. The maximum atomic E-state index is 12.6. The van der Waals surface area contributed by atoms with Crippen LogP contribution in [-0.4, -0.2) is 145 Å². The molecule has 0 saturated carbocycles. The molecule has 0 spiro atoms. The van der Waals surface area contributed by atoms with Crippen LogP contribution in [0.3, 0.4) is 0 Å². The van der Waals surface area contributed by atoms with E-state index in [0.29, 0.717) is 38.0 Å². The number of ether oxygens (including phenoxy) is 6. The monoisotopic (exact) mass is 576 g/mol. The van der Waals surface area contributed by atoms with E-state index in [1.807, 2.05) is 0 Å². The zero-order valence-corrected chi connectivity index (χ0v) is 23.2. The summed E-state index contributed by atoms with van der Waals surface area (Å²) in [4.78, 5) is 48.8. The summed E-state index contributed by atoms with van der Waals surface area (Å²) < 4.78 is 32.5. The summed E-state index contributed by atoms with van der Waals surface area (Å²) in [6.45, 7) is -0.255. The molecule has 0 aromatic rings. The lowest BCUT2D eigenvalue weighted by molar-refractivity contribution is -0.175. The lowest BCUT2D eigenvalue weighted by atomic mass is 10.2. The molecule has 2 amide bonds. The van der Waals surface area contributed by atoms with Crippen LogP contribution < -0.4 is 10.6 Å². The first kappa shape index (κ1) is 34.1. The van der Waals surface area contributed by atoms with Gasteiger partial charge in [0, 0.05) is 33.6 Å². The highest BCUT2D eigenvalue weighted by Crippen LogP contribution is 2.09. The Hall–Kier alpha value is -1.93. The quantitative estimate of drug-likeness (QED) is 0.165. The first-order valence-corrected chi connectivity index (χ1v) is 13.7. The van der Waals surface area contributed by atoms with E-state index in [2.05, 4.69) is 31.1 Å². The Balaban J connectivity index is 2.86. The third kappa shape index (κ3) is 13.7. The fourth-order valence-electron chi connectivity index (χ4n) is 3.12. The molecule has 0 aromatic carbocycles. The fourth-order valence-corrected chi connectivity index (χ4v) is 3.47. The van der Waals surface area contributed by atoms with Gasteiger partial charge in [-0.25, -0.2) is 9.59 Å². The summed E-state index contributed by atoms with van der Waals surface area (Å²) >= 11 is 0. The van der Waals surface area contributed by atoms with Gasteiger partial charge in [-0.1, -0.05) is 12.1 Å². The van der Waals surface area contributed by atoms with Crippen molar-refractivity contribution in [2.75, 3.05) is 65.9 Å². The number of carboxylic acids is 2. The van der Waals surface area contributed by atoms with Gasteiger partial charge in [0.25, 0.3) is 11.8 Å². The average molecular weight is 577 g/mol. The van der Waals surface area contributed by atoms with E-state index in [9.17, 15) is 29.4 Å². The lowest BCUT2D eigenvalue weighted by Crippen LogP contribution is -2.50. The van der Waals surface area contributed by atoms with Crippen LogP contribution in [0.1, 0.15) is 12.8 Å². The molecule has 1 aliphatic heterocycles. The molecule has 1 heterocycles. The second-order valence-electron chi connectivity index (χ2n) is 7.86. The Morgan fingerprint density at radius 2 is 0.895 bits per heavy atom. The van der Waals surface area contributed by atoms with E-state index in [0.717, 1.165) is 0 Å². The number of hydrogen-bond acceptors (Lipinski definition) is 10. The number of hydrogen-bond donors (Lipinski definition) is 4. The molecule has 1 fully saturated rings. The number of aliphatic carboxylic acids is 2. The number of carbonyl (C=O) groups excluding carboxylic acids is 2. The predicted molar refractivity (Wildman–Crippen MR) is 132 cm³/mol. The van der Waals surface area contributed by atoms with Crippen molar-refractivity contribution in [2.24, 2.45) is 0 Å². The van der Waals surface area contributed by atoms with Gasteiger partial charge in [0.1, 0.15) is 0 Å². The number of carbonyl (C=O) groups is 4. The van der Waals surface area contributed by atoms with Crippen molar-refractivity contribution in [2.45, 2.75) is 49.3 Å². The maximum Gasteiger partial charge on any atom is 0.336 e. The van der Waals surface area contributed by atoms with Gasteiger partial charge in [0.2, 0.25) is 0 Å². The lowest BCUT2D eigenvalue weighted by Gasteiger charge is -2.25. The molecule has 1 saturated heterocycles. The molecule has 38 heavy (non-hydrogen) atoms. The van der Waals surface area contributed by atoms with Crippen molar-refractivity contribution in [3.8, 4) is 0 Å². The summed E-state index contributed by atoms with van der Waals surface area (Å²) in [6.07, 6.45) is -4.81. The SMILES string of the molecule is O=C(O)C1OCCOCCOC(C(=O)NCCC[Si])C(C(=O)O)OCCOCCOC1C(=O)NCCC[Si]. The smallest absolute Gasteiger partial charge is 0.336 e. The van der Waals surface area contributed by atoms with Crippen LogP contribution in [0.15, 0.2) is 0 Å². The van der Waals surface area contributed by atoms with Crippen LogP contribution in [0, 0.1) is 0 Å². The van der Waals surface area contributed by atoms with Crippen LogP contribution >= 0.6 is 0 Å². The van der Waals surface area contributed by atoms with Gasteiger partial charge >= 0.3 is 11.9 Å². The second kappa shape index (κ2) is 21.0. The zero-order chi connectivity index (χ0) is 28.2. The molecule has 4 N–H and O–H groups in total. The van der Waals surface area contributed by atoms with Crippen molar-refractivity contribution < 1.29 is 57.8 Å². The average Bonchev–Trinajstić information content (AvgIpc) is 2.87. The molecule has 14 nitrogen and oxygen atoms in total. The molecule has 0 bridgehead atoms. The Morgan fingerprint density at radius 3 is 1.18 bits per heavy atom. The van der Waals surface area contributed by atoms with Gasteiger partial charge < -0.3 is 49.3 Å². The summed E-state index contributed by atoms with van der Waals surface area (Å²) in [6, 6.07) is 1.29. The van der Waals surface area contributed by atoms with Crippen LogP contribution in [-0.2, 0) is 47.6 Å². The highest BCUT2D eigenvalue weighted by Gasteiger charge is 2.37. The molecule has 4 atom stereocenters. The number of amides is 2. The molecule has 214 valence electrons. The highest BCUT2D eigenvalue weighted by atomic mass is 28.1. The first-order chi connectivity index (χ1) is 18.3.